The highest BCUT2D eigenvalue weighted by Gasteiger charge is 2.36. The predicted molar refractivity (Wildman–Crippen MR) is 97.2 cm³/mol. The second-order valence-electron chi connectivity index (χ2n) is 6.49. The summed E-state index contributed by atoms with van der Waals surface area (Å²) >= 11 is 0. The number of rotatable bonds is 5. The highest BCUT2D eigenvalue weighted by atomic mass is 16.5. The molecule has 0 aliphatic carbocycles. The number of ether oxygens (including phenoxy) is 2. The molecule has 1 N–H and O–H groups in total. The van der Waals surface area contributed by atoms with Gasteiger partial charge in [-0.2, -0.15) is 0 Å². The molecule has 2 heterocycles. The molecule has 1 aromatic heterocycles. The quantitative estimate of drug-likeness (QED) is 0.889. The number of aliphatic hydroxyl groups is 1. The second-order valence-corrected chi connectivity index (χ2v) is 6.49. The number of pyridine rings is 1. The van der Waals surface area contributed by atoms with Gasteiger partial charge in [-0.15, -0.1) is 0 Å². The van der Waals surface area contributed by atoms with Crippen LogP contribution in [-0.2, 0) is 16.8 Å². The molecule has 1 aliphatic rings. The largest absolute Gasteiger partial charge is 0.493 e. The number of carbonyl (C=O) groups excluding carboxylic acids is 1. The average molecular weight is 356 g/mol. The summed E-state index contributed by atoms with van der Waals surface area (Å²) < 4.78 is 10.5. The summed E-state index contributed by atoms with van der Waals surface area (Å²) in [5.41, 5.74) is 0.590. The zero-order valence-electron chi connectivity index (χ0n) is 15.1. The van der Waals surface area contributed by atoms with Gasteiger partial charge in [0.15, 0.2) is 11.5 Å². The van der Waals surface area contributed by atoms with Crippen LogP contribution in [-0.4, -0.2) is 48.2 Å². The Kier molecular flexibility index (Phi) is 5.42. The Balaban J connectivity index is 1.62. The van der Waals surface area contributed by atoms with Gasteiger partial charge in [0.2, 0.25) is 5.91 Å². The molecule has 0 bridgehead atoms. The molecule has 2 aromatic rings. The minimum absolute atomic E-state index is 0.0419. The van der Waals surface area contributed by atoms with Gasteiger partial charge in [-0.25, -0.2) is 0 Å². The Bertz CT molecular complexity index is 756. The molecular formula is C20H24N2O4. The van der Waals surface area contributed by atoms with Crippen LogP contribution in [0.15, 0.2) is 42.6 Å². The molecule has 138 valence electrons. The number of benzene rings is 1. The molecule has 0 unspecified atom stereocenters. The first-order chi connectivity index (χ1) is 12.6. The monoisotopic (exact) mass is 356 g/mol. The number of piperidine rings is 1. The minimum atomic E-state index is -0.957. The smallest absolute Gasteiger partial charge is 0.226 e. The summed E-state index contributed by atoms with van der Waals surface area (Å²) in [7, 11) is 3.16. The number of carbonyl (C=O) groups is 1. The van der Waals surface area contributed by atoms with Crippen molar-refractivity contribution in [1.29, 1.82) is 0 Å². The number of nitrogens with zero attached hydrogens (tertiary/aromatic N) is 2. The fraction of sp³-hybridized carbons (Fsp3) is 0.400. The van der Waals surface area contributed by atoms with Gasteiger partial charge in [-0.3, -0.25) is 9.78 Å². The van der Waals surface area contributed by atoms with Crippen LogP contribution in [0.4, 0.5) is 0 Å². The van der Waals surface area contributed by atoms with Crippen molar-refractivity contribution in [2.45, 2.75) is 24.9 Å². The summed E-state index contributed by atoms with van der Waals surface area (Å²) in [5.74, 6) is 1.29. The van der Waals surface area contributed by atoms with Crippen molar-refractivity contribution < 1.29 is 19.4 Å². The van der Waals surface area contributed by atoms with Gasteiger partial charge >= 0.3 is 0 Å². The van der Waals surface area contributed by atoms with Crippen molar-refractivity contribution in [2.24, 2.45) is 0 Å². The van der Waals surface area contributed by atoms with E-state index in [0.717, 1.165) is 5.56 Å². The Hall–Kier alpha value is -2.60. The van der Waals surface area contributed by atoms with Gasteiger partial charge in [0, 0.05) is 19.3 Å². The van der Waals surface area contributed by atoms with E-state index >= 15 is 0 Å². The van der Waals surface area contributed by atoms with Gasteiger partial charge in [0.25, 0.3) is 0 Å². The van der Waals surface area contributed by atoms with E-state index in [9.17, 15) is 9.90 Å². The van der Waals surface area contributed by atoms with Gasteiger partial charge in [-0.1, -0.05) is 12.1 Å². The van der Waals surface area contributed by atoms with Gasteiger partial charge < -0.3 is 19.5 Å². The summed E-state index contributed by atoms with van der Waals surface area (Å²) in [5, 5.41) is 10.8. The van der Waals surface area contributed by atoms with Gasteiger partial charge in [0.05, 0.1) is 26.3 Å². The average Bonchev–Trinajstić information content (AvgIpc) is 2.69. The van der Waals surface area contributed by atoms with Crippen LogP contribution in [0.3, 0.4) is 0 Å². The van der Waals surface area contributed by atoms with Crippen LogP contribution in [0.1, 0.15) is 24.1 Å². The Labute approximate surface area is 153 Å². The third-order valence-electron chi connectivity index (χ3n) is 4.89. The molecule has 1 fully saturated rings. The van der Waals surface area contributed by atoms with E-state index in [4.69, 9.17) is 9.47 Å². The lowest BCUT2D eigenvalue weighted by atomic mass is 9.87. The summed E-state index contributed by atoms with van der Waals surface area (Å²) in [6.45, 7) is 1.03. The second kappa shape index (κ2) is 7.74. The normalized spacial score (nSPS) is 16.2. The molecule has 0 atom stereocenters. The SMILES string of the molecule is COc1ccc(CC(=O)N2CCC(O)(c3ccccn3)CC2)cc1OC. The standard InChI is InChI=1S/C20H24N2O4/c1-25-16-7-6-15(13-17(16)26-2)14-19(23)22-11-8-20(24,9-12-22)18-5-3-4-10-21-18/h3-7,10,13,24H,8-9,11-12,14H2,1-2H3. The maximum atomic E-state index is 12.6. The fourth-order valence-corrected chi connectivity index (χ4v) is 3.30. The molecule has 1 amide bonds. The van der Waals surface area contributed by atoms with Crippen molar-refractivity contribution in [1.82, 2.24) is 9.88 Å². The number of methoxy groups -OCH3 is 2. The van der Waals surface area contributed by atoms with Crippen LogP contribution in [0.2, 0.25) is 0 Å². The van der Waals surface area contributed by atoms with Crippen LogP contribution in [0.25, 0.3) is 0 Å². The first-order valence-corrected chi connectivity index (χ1v) is 8.68. The van der Waals surface area contributed by atoms with E-state index in [1.807, 2.05) is 30.3 Å². The van der Waals surface area contributed by atoms with E-state index in [1.165, 1.54) is 0 Å². The number of hydrogen-bond acceptors (Lipinski definition) is 5. The Morgan fingerprint density at radius 3 is 2.50 bits per heavy atom. The lowest BCUT2D eigenvalue weighted by Crippen LogP contribution is -2.46. The van der Waals surface area contributed by atoms with Crippen molar-refractivity contribution >= 4 is 5.91 Å². The zero-order chi connectivity index (χ0) is 18.6. The number of likely N-dealkylation sites (tertiary alicyclic amines) is 1. The van der Waals surface area contributed by atoms with Gasteiger partial charge in [0.1, 0.15) is 5.60 Å². The number of hydrogen-bond donors (Lipinski definition) is 1. The topological polar surface area (TPSA) is 71.9 Å². The number of amides is 1. The summed E-state index contributed by atoms with van der Waals surface area (Å²) in [6.07, 6.45) is 2.95. The minimum Gasteiger partial charge on any atom is -0.493 e. The van der Waals surface area contributed by atoms with Gasteiger partial charge in [-0.05, 0) is 42.7 Å². The first kappa shape index (κ1) is 18.2. The van der Waals surface area contributed by atoms with E-state index in [-0.39, 0.29) is 5.91 Å². The lowest BCUT2D eigenvalue weighted by Gasteiger charge is -2.37. The predicted octanol–water partition coefficient (Wildman–Crippen LogP) is 2.15. The Morgan fingerprint density at radius 2 is 1.88 bits per heavy atom. The number of aromatic nitrogens is 1. The van der Waals surface area contributed by atoms with E-state index in [0.29, 0.717) is 49.5 Å². The third kappa shape index (κ3) is 3.80. The fourth-order valence-electron chi connectivity index (χ4n) is 3.30. The summed E-state index contributed by atoms with van der Waals surface area (Å²) in [6, 6.07) is 11.0. The van der Waals surface area contributed by atoms with E-state index in [2.05, 4.69) is 4.98 Å². The van der Waals surface area contributed by atoms with Crippen molar-refractivity contribution in [3.8, 4) is 11.5 Å². The molecule has 1 aliphatic heterocycles. The maximum absolute atomic E-state index is 12.6. The molecule has 6 heteroatoms. The van der Waals surface area contributed by atoms with Crippen LogP contribution in [0.5, 0.6) is 11.5 Å². The molecular weight excluding hydrogens is 332 g/mol. The Morgan fingerprint density at radius 1 is 1.15 bits per heavy atom. The molecule has 1 aromatic carbocycles. The maximum Gasteiger partial charge on any atom is 0.226 e. The van der Waals surface area contributed by atoms with Crippen LogP contribution >= 0.6 is 0 Å². The highest BCUT2D eigenvalue weighted by molar-refractivity contribution is 5.79. The third-order valence-corrected chi connectivity index (χ3v) is 4.89. The van der Waals surface area contributed by atoms with E-state index < -0.39 is 5.60 Å². The lowest BCUT2D eigenvalue weighted by molar-refractivity contribution is -0.135. The van der Waals surface area contributed by atoms with Crippen LogP contribution in [0, 0.1) is 0 Å². The molecule has 26 heavy (non-hydrogen) atoms. The van der Waals surface area contributed by atoms with Crippen molar-refractivity contribution in [2.75, 3.05) is 27.3 Å². The van der Waals surface area contributed by atoms with Crippen LogP contribution < -0.4 is 9.47 Å². The highest BCUT2D eigenvalue weighted by Crippen LogP contribution is 2.32. The zero-order valence-corrected chi connectivity index (χ0v) is 15.1. The molecule has 1 saturated heterocycles. The molecule has 0 radical (unpaired) electrons. The van der Waals surface area contributed by atoms with Crippen molar-refractivity contribution in [3.05, 3.63) is 53.9 Å². The summed E-state index contributed by atoms with van der Waals surface area (Å²) in [4.78, 5) is 18.7. The molecule has 0 saturated carbocycles. The molecule has 0 spiro atoms. The molecule has 6 nitrogen and oxygen atoms in total. The van der Waals surface area contributed by atoms with E-state index in [1.54, 1.807) is 31.4 Å². The van der Waals surface area contributed by atoms with Crippen molar-refractivity contribution in [3.63, 3.8) is 0 Å². The first-order valence-electron chi connectivity index (χ1n) is 8.68. The molecule has 3 rings (SSSR count).